The first-order valence-electron chi connectivity index (χ1n) is 4.03. The number of hydrogen-bond donors (Lipinski definition) is 2. The van der Waals surface area contributed by atoms with Crippen LogP contribution in [0.5, 0.6) is 0 Å². The summed E-state index contributed by atoms with van der Waals surface area (Å²) in [6, 6.07) is 3.33. The van der Waals surface area contributed by atoms with Gasteiger partial charge >= 0.3 is 0 Å². The van der Waals surface area contributed by atoms with Gasteiger partial charge in [-0.25, -0.2) is 4.98 Å². The van der Waals surface area contributed by atoms with Crippen LogP contribution in [0, 0.1) is 0 Å². The van der Waals surface area contributed by atoms with Gasteiger partial charge in [-0.3, -0.25) is 4.57 Å². The summed E-state index contributed by atoms with van der Waals surface area (Å²) in [6.45, 7) is 0. The largest absolute Gasteiger partial charge is 0.373 e. The van der Waals surface area contributed by atoms with E-state index in [0.29, 0.717) is 11.5 Å². The minimum absolute atomic E-state index is 0.342. The highest BCUT2D eigenvalue weighted by atomic mass is 16.3. The van der Waals surface area contributed by atoms with Gasteiger partial charge in [0.15, 0.2) is 5.82 Å². The predicted molar refractivity (Wildman–Crippen MR) is 48.3 cm³/mol. The highest BCUT2D eigenvalue weighted by molar-refractivity contribution is 5.21. The van der Waals surface area contributed by atoms with Gasteiger partial charge < -0.3 is 10.8 Å². The average molecular weight is 191 g/mol. The molecule has 6 heteroatoms. The first kappa shape index (κ1) is 8.79. The van der Waals surface area contributed by atoms with Crippen LogP contribution in [0.1, 0.15) is 11.9 Å². The van der Waals surface area contributed by atoms with E-state index in [1.54, 1.807) is 35.4 Å². The second kappa shape index (κ2) is 3.52. The Morgan fingerprint density at radius 2 is 2.21 bits per heavy atom. The number of aliphatic hydroxyl groups excluding tert-OH is 1. The third kappa shape index (κ3) is 1.61. The molecule has 0 bridgehead atoms. The van der Waals surface area contributed by atoms with E-state index >= 15 is 0 Å². The van der Waals surface area contributed by atoms with E-state index in [-0.39, 0.29) is 0 Å². The molecule has 0 fully saturated rings. The van der Waals surface area contributed by atoms with Gasteiger partial charge in [-0.2, -0.15) is 0 Å². The summed E-state index contributed by atoms with van der Waals surface area (Å²) in [7, 11) is 0. The fourth-order valence-electron chi connectivity index (χ4n) is 1.03. The molecule has 0 spiro atoms. The lowest BCUT2D eigenvalue weighted by molar-refractivity contribution is 0.180. The molecule has 0 aliphatic carbocycles. The molecular weight excluding hydrogens is 182 g/mol. The maximum atomic E-state index is 9.00. The minimum atomic E-state index is -1.08. The van der Waals surface area contributed by atoms with Crippen LogP contribution in [0.3, 0.4) is 0 Å². The quantitative estimate of drug-likeness (QED) is 0.631. The molecule has 2 rings (SSSR count). The third-order valence-electron chi connectivity index (χ3n) is 1.74. The summed E-state index contributed by atoms with van der Waals surface area (Å²) in [5.74, 6) is 0.631. The molecule has 0 aromatic carbocycles. The first-order valence-corrected chi connectivity index (χ1v) is 4.03. The second-order valence-electron chi connectivity index (χ2n) is 2.73. The Bertz CT molecular complexity index is 394. The molecule has 1 atom stereocenters. The zero-order valence-corrected chi connectivity index (χ0v) is 7.28. The summed E-state index contributed by atoms with van der Waals surface area (Å²) in [6.07, 6.45) is 3.93. The van der Waals surface area contributed by atoms with Crippen molar-refractivity contribution in [2.24, 2.45) is 5.73 Å². The van der Waals surface area contributed by atoms with Gasteiger partial charge in [0.1, 0.15) is 18.2 Å². The number of nitrogens with two attached hydrogens (primary N) is 1. The Hall–Kier alpha value is -1.79. The molecule has 14 heavy (non-hydrogen) atoms. The summed E-state index contributed by atoms with van der Waals surface area (Å²) in [5, 5.41) is 16.6. The molecular formula is C8H9N5O. The number of aliphatic hydroxyl groups is 1. The Morgan fingerprint density at radius 3 is 2.71 bits per heavy atom. The molecule has 0 amide bonds. The van der Waals surface area contributed by atoms with Gasteiger partial charge in [0.05, 0.1) is 0 Å². The molecule has 2 heterocycles. The number of rotatable bonds is 2. The number of hydrogen-bond acceptors (Lipinski definition) is 5. The summed E-state index contributed by atoms with van der Waals surface area (Å²) in [4.78, 5) is 3.88. The SMILES string of the molecule is NC(O)c1ccc(-n2ccnc2)nn1. The molecule has 72 valence electrons. The third-order valence-corrected chi connectivity index (χ3v) is 1.74. The van der Waals surface area contributed by atoms with Crippen LogP contribution in [-0.4, -0.2) is 24.9 Å². The standard InChI is InChI=1S/C8H9N5O/c9-8(14)6-1-2-7(12-11-6)13-4-3-10-5-13/h1-5,8,14H,9H2. The average Bonchev–Trinajstić information content (AvgIpc) is 2.71. The minimum Gasteiger partial charge on any atom is -0.373 e. The van der Waals surface area contributed by atoms with Gasteiger partial charge in [0, 0.05) is 12.4 Å². The van der Waals surface area contributed by atoms with Crippen LogP contribution in [0.15, 0.2) is 30.9 Å². The highest BCUT2D eigenvalue weighted by Gasteiger charge is 2.03. The molecule has 2 aromatic heterocycles. The van der Waals surface area contributed by atoms with Crippen molar-refractivity contribution in [3.63, 3.8) is 0 Å². The van der Waals surface area contributed by atoms with E-state index in [2.05, 4.69) is 15.2 Å². The summed E-state index contributed by atoms with van der Waals surface area (Å²) < 4.78 is 1.71. The van der Waals surface area contributed by atoms with Gasteiger partial charge in [-0.15, -0.1) is 10.2 Å². The molecule has 0 aliphatic heterocycles. The zero-order valence-electron chi connectivity index (χ0n) is 7.28. The van der Waals surface area contributed by atoms with Crippen molar-refractivity contribution >= 4 is 0 Å². The van der Waals surface area contributed by atoms with Crippen LogP contribution in [0.4, 0.5) is 0 Å². The number of nitrogens with zero attached hydrogens (tertiary/aromatic N) is 4. The molecule has 0 aliphatic rings. The van der Waals surface area contributed by atoms with Crippen molar-refractivity contribution in [2.45, 2.75) is 6.23 Å². The summed E-state index contributed by atoms with van der Waals surface area (Å²) in [5.41, 5.74) is 5.56. The molecule has 6 nitrogen and oxygen atoms in total. The van der Waals surface area contributed by atoms with E-state index in [1.165, 1.54) is 0 Å². The van der Waals surface area contributed by atoms with E-state index in [4.69, 9.17) is 10.8 Å². The lowest BCUT2D eigenvalue weighted by atomic mass is 10.3. The monoisotopic (exact) mass is 191 g/mol. The molecule has 0 saturated carbocycles. The molecule has 2 aromatic rings. The maximum Gasteiger partial charge on any atom is 0.160 e. The smallest absolute Gasteiger partial charge is 0.160 e. The van der Waals surface area contributed by atoms with Crippen molar-refractivity contribution in [3.05, 3.63) is 36.5 Å². The lowest BCUT2D eigenvalue weighted by Crippen LogP contribution is -2.12. The van der Waals surface area contributed by atoms with Crippen LogP contribution in [0.25, 0.3) is 5.82 Å². The van der Waals surface area contributed by atoms with Crippen molar-refractivity contribution in [1.29, 1.82) is 0 Å². The van der Waals surface area contributed by atoms with Crippen LogP contribution < -0.4 is 5.73 Å². The van der Waals surface area contributed by atoms with Crippen LogP contribution >= 0.6 is 0 Å². The molecule has 3 N–H and O–H groups in total. The highest BCUT2D eigenvalue weighted by Crippen LogP contribution is 2.05. The van der Waals surface area contributed by atoms with E-state index in [1.807, 2.05) is 0 Å². The van der Waals surface area contributed by atoms with Crippen LogP contribution in [-0.2, 0) is 0 Å². The fourth-order valence-corrected chi connectivity index (χ4v) is 1.03. The summed E-state index contributed by atoms with van der Waals surface area (Å²) >= 11 is 0. The first-order chi connectivity index (χ1) is 6.77. The van der Waals surface area contributed by atoms with Crippen LogP contribution in [0.2, 0.25) is 0 Å². The van der Waals surface area contributed by atoms with Gasteiger partial charge in [-0.05, 0) is 12.1 Å². The molecule has 0 saturated heterocycles. The lowest BCUT2D eigenvalue weighted by Gasteiger charge is -2.03. The molecule has 0 radical (unpaired) electrons. The van der Waals surface area contributed by atoms with Crippen molar-refractivity contribution in [2.75, 3.05) is 0 Å². The topological polar surface area (TPSA) is 89.8 Å². The van der Waals surface area contributed by atoms with E-state index < -0.39 is 6.23 Å². The van der Waals surface area contributed by atoms with Crippen molar-refractivity contribution in [1.82, 2.24) is 19.7 Å². The van der Waals surface area contributed by atoms with E-state index in [0.717, 1.165) is 0 Å². The molecule has 1 unspecified atom stereocenters. The Kier molecular flexibility index (Phi) is 2.21. The Morgan fingerprint density at radius 1 is 1.36 bits per heavy atom. The number of aromatic nitrogens is 4. The maximum absolute atomic E-state index is 9.00. The van der Waals surface area contributed by atoms with Crippen molar-refractivity contribution < 1.29 is 5.11 Å². The second-order valence-corrected chi connectivity index (χ2v) is 2.73. The van der Waals surface area contributed by atoms with E-state index in [9.17, 15) is 0 Å². The fraction of sp³-hybridized carbons (Fsp3) is 0.125. The van der Waals surface area contributed by atoms with Gasteiger partial charge in [0.25, 0.3) is 0 Å². The predicted octanol–water partition coefficient (Wildman–Crippen LogP) is -0.388. The Balaban J connectivity index is 2.31. The van der Waals surface area contributed by atoms with Gasteiger partial charge in [0.2, 0.25) is 0 Å². The number of imidazole rings is 1. The van der Waals surface area contributed by atoms with Gasteiger partial charge in [-0.1, -0.05) is 0 Å². The zero-order chi connectivity index (χ0) is 9.97. The Labute approximate surface area is 80.0 Å². The van der Waals surface area contributed by atoms with Crippen molar-refractivity contribution in [3.8, 4) is 5.82 Å². The normalized spacial score (nSPS) is 12.7.